The summed E-state index contributed by atoms with van der Waals surface area (Å²) >= 11 is 0. The van der Waals surface area contributed by atoms with Gasteiger partial charge in [0.1, 0.15) is 0 Å². The van der Waals surface area contributed by atoms with Gasteiger partial charge in [-0.05, 0) is 25.0 Å². The van der Waals surface area contributed by atoms with E-state index in [9.17, 15) is 4.79 Å². The largest absolute Gasteiger partial charge is 0.481 e. The fourth-order valence-electron chi connectivity index (χ4n) is 3.03. The number of hydrogen-bond acceptors (Lipinski definition) is 4. The highest BCUT2D eigenvalue weighted by Gasteiger charge is 2.27. The molecule has 2 aromatic rings. The normalized spacial score (nSPS) is 16.3. The lowest BCUT2D eigenvalue weighted by Crippen LogP contribution is -2.38. The Kier molecular flexibility index (Phi) is 4.29. The van der Waals surface area contributed by atoms with Crippen molar-refractivity contribution in [1.82, 2.24) is 9.55 Å². The van der Waals surface area contributed by atoms with Gasteiger partial charge in [-0.25, -0.2) is 4.98 Å². The lowest BCUT2D eigenvalue weighted by molar-refractivity contribution is -0.142. The van der Waals surface area contributed by atoms with Gasteiger partial charge in [0.25, 0.3) is 0 Å². The molecule has 1 saturated heterocycles. The summed E-state index contributed by atoms with van der Waals surface area (Å²) in [7, 11) is 1.69. The summed E-state index contributed by atoms with van der Waals surface area (Å²) in [5.74, 6) is 0.00248. The van der Waals surface area contributed by atoms with Gasteiger partial charge < -0.3 is 19.3 Å². The molecule has 3 rings (SSSR count). The maximum absolute atomic E-state index is 11.1. The van der Waals surface area contributed by atoms with Crippen molar-refractivity contribution < 1.29 is 14.6 Å². The Morgan fingerprint density at radius 1 is 1.36 bits per heavy atom. The number of ether oxygens (including phenoxy) is 1. The second-order valence-corrected chi connectivity index (χ2v) is 5.64. The van der Waals surface area contributed by atoms with Gasteiger partial charge in [0.05, 0.1) is 23.6 Å². The third-order valence-electron chi connectivity index (χ3n) is 4.28. The summed E-state index contributed by atoms with van der Waals surface area (Å²) < 4.78 is 7.38. The van der Waals surface area contributed by atoms with Gasteiger partial charge in [0.2, 0.25) is 5.95 Å². The smallest absolute Gasteiger partial charge is 0.306 e. The molecule has 6 nitrogen and oxygen atoms in total. The van der Waals surface area contributed by atoms with Gasteiger partial charge in [0, 0.05) is 26.7 Å². The molecule has 118 valence electrons. The van der Waals surface area contributed by atoms with Crippen molar-refractivity contribution in [2.75, 3.05) is 31.7 Å². The number of benzene rings is 1. The molecule has 1 aromatic heterocycles. The van der Waals surface area contributed by atoms with Crippen molar-refractivity contribution in [3.05, 3.63) is 24.3 Å². The van der Waals surface area contributed by atoms with Crippen LogP contribution < -0.4 is 4.90 Å². The highest BCUT2D eigenvalue weighted by atomic mass is 16.5. The minimum Gasteiger partial charge on any atom is -0.481 e. The van der Waals surface area contributed by atoms with Crippen molar-refractivity contribution in [2.45, 2.75) is 19.4 Å². The molecule has 0 unspecified atom stereocenters. The number of aliphatic carboxylic acids is 1. The fraction of sp³-hybridized carbons (Fsp3) is 0.500. The Morgan fingerprint density at radius 2 is 2.09 bits per heavy atom. The number of imidazole rings is 1. The van der Waals surface area contributed by atoms with Crippen LogP contribution in [0.15, 0.2) is 24.3 Å². The van der Waals surface area contributed by atoms with E-state index in [1.807, 2.05) is 18.2 Å². The van der Waals surface area contributed by atoms with Crippen LogP contribution in [0, 0.1) is 5.92 Å². The summed E-state index contributed by atoms with van der Waals surface area (Å²) in [5, 5.41) is 9.12. The second kappa shape index (κ2) is 6.36. The highest BCUT2D eigenvalue weighted by molar-refractivity contribution is 5.79. The third kappa shape index (κ3) is 2.78. The molecule has 0 bridgehead atoms. The Labute approximate surface area is 129 Å². The van der Waals surface area contributed by atoms with Crippen molar-refractivity contribution in [3.8, 4) is 0 Å². The predicted octanol–water partition coefficient (Wildman–Crippen LogP) is 1.98. The average molecular weight is 303 g/mol. The number of aromatic nitrogens is 2. The number of nitrogens with zero attached hydrogens (tertiary/aromatic N) is 3. The molecule has 2 heterocycles. The van der Waals surface area contributed by atoms with Crippen LogP contribution in [-0.4, -0.2) is 47.4 Å². The van der Waals surface area contributed by atoms with E-state index in [4.69, 9.17) is 14.8 Å². The number of para-hydroxylation sites is 2. The van der Waals surface area contributed by atoms with E-state index in [0.29, 0.717) is 19.4 Å². The van der Waals surface area contributed by atoms with Crippen LogP contribution >= 0.6 is 0 Å². The molecule has 6 heteroatoms. The number of carbonyl (C=O) groups is 1. The van der Waals surface area contributed by atoms with Crippen LogP contribution in [0.2, 0.25) is 0 Å². The van der Waals surface area contributed by atoms with E-state index in [1.54, 1.807) is 7.11 Å². The van der Waals surface area contributed by atoms with Gasteiger partial charge in [-0.1, -0.05) is 12.1 Å². The van der Waals surface area contributed by atoms with Crippen LogP contribution in [-0.2, 0) is 16.1 Å². The van der Waals surface area contributed by atoms with Gasteiger partial charge in [-0.2, -0.15) is 0 Å². The van der Waals surface area contributed by atoms with Gasteiger partial charge in [-0.15, -0.1) is 0 Å². The number of piperidine rings is 1. The van der Waals surface area contributed by atoms with Gasteiger partial charge in [-0.3, -0.25) is 4.79 Å². The topological polar surface area (TPSA) is 67.6 Å². The maximum Gasteiger partial charge on any atom is 0.306 e. The summed E-state index contributed by atoms with van der Waals surface area (Å²) in [6.45, 7) is 2.82. The Morgan fingerprint density at radius 3 is 2.77 bits per heavy atom. The quantitative estimate of drug-likeness (QED) is 0.915. The molecule has 0 amide bonds. The molecule has 0 radical (unpaired) electrons. The lowest BCUT2D eigenvalue weighted by atomic mass is 9.97. The minimum atomic E-state index is -0.687. The maximum atomic E-state index is 11.1. The predicted molar refractivity (Wildman–Crippen MR) is 84.2 cm³/mol. The van der Waals surface area contributed by atoms with Crippen LogP contribution in [0.5, 0.6) is 0 Å². The van der Waals surface area contributed by atoms with Crippen molar-refractivity contribution in [2.24, 2.45) is 5.92 Å². The summed E-state index contributed by atoms with van der Waals surface area (Å²) in [6.07, 6.45) is 1.34. The van der Waals surface area contributed by atoms with Crippen LogP contribution in [0.3, 0.4) is 0 Å². The van der Waals surface area contributed by atoms with E-state index >= 15 is 0 Å². The van der Waals surface area contributed by atoms with Crippen molar-refractivity contribution in [3.63, 3.8) is 0 Å². The SMILES string of the molecule is COCCn1c(N2CCC(C(=O)O)CC2)nc2ccccc21. The monoisotopic (exact) mass is 303 g/mol. The van der Waals surface area contributed by atoms with E-state index in [-0.39, 0.29) is 5.92 Å². The molecule has 1 aliphatic rings. The number of anilines is 1. The van der Waals surface area contributed by atoms with Crippen molar-refractivity contribution in [1.29, 1.82) is 0 Å². The van der Waals surface area contributed by atoms with E-state index in [2.05, 4.69) is 15.5 Å². The number of rotatable bonds is 5. The third-order valence-corrected chi connectivity index (χ3v) is 4.28. The molecule has 1 aliphatic heterocycles. The van der Waals surface area contributed by atoms with Crippen molar-refractivity contribution >= 4 is 23.0 Å². The van der Waals surface area contributed by atoms with E-state index < -0.39 is 5.97 Å². The van der Waals surface area contributed by atoms with Gasteiger partial charge >= 0.3 is 5.97 Å². The standard InChI is InChI=1S/C16H21N3O3/c1-22-11-10-19-14-5-3-2-4-13(14)17-16(19)18-8-6-12(7-9-18)15(20)21/h2-5,12H,6-11H2,1H3,(H,20,21). The molecular weight excluding hydrogens is 282 g/mol. The number of carboxylic acid groups (broad SMARTS) is 1. The molecule has 0 aliphatic carbocycles. The minimum absolute atomic E-state index is 0.229. The number of hydrogen-bond donors (Lipinski definition) is 1. The Balaban J connectivity index is 1.88. The van der Waals surface area contributed by atoms with Crippen LogP contribution in [0.25, 0.3) is 11.0 Å². The molecule has 22 heavy (non-hydrogen) atoms. The molecule has 0 saturated carbocycles. The Bertz CT molecular complexity index is 660. The molecule has 1 aromatic carbocycles. The second-order valence-electron chi connectivity index (χ2n) is 5.64. The van der Waals surface area contributed by atoms with Gasteiger partial charge in [0.15, 0.2) is 0 Å². The Hall–Kier alpha value is -2.08. The first-order valence-corrected chi connectivity index (χ1v) is 7.62. The molecule has 0 atom stereocenters. The zero-order chi connectivity index (χ0) is 15.5. The van der Waals surface area contributed by atoms with E-state index in [0.717, 1.165) is 36.6 Å². The average Bonchev–Trinajstić information content (AvgIpc) is 2.91. The molecule has 1 fully saturated rings. The number of carboxylic acids is 1. The summed E-state index contributed by atoms with van der Waals surface area (Å²) in [6, 6.07) is 8.06. The number of fused-ring (bicyclic) bond motifs is 1. The van der Waals surface area contributed by atoms with E-state index in [1.165, 1.54) is 0 Å². The first kappa shape index (κ1) is 14.8. The van der Waals surface area contributed by atoms with Crippen LogP contribution in [0.1, 0.15) is 12.8 Å². The summed E-state index contributed by atoms with van der Waals surface area (Å²) in [4.78, 5) is 18.0. The fourth-order valence-corrected chi connectivity index (χ4v) is 3.03. The highest BCUT2D eigenvalue weighted by Crippen LogP contribution is 2.27. The summed E-state index contributed by atoms with van der Waals surface area (Å²) in [5.41, 5.74) is 2.06. The molecule has 0 spiro atoms. The molecule has 1 N–H and O–H groups in total. The zero-order valence-electron chi connectivity index (χ0n) is 12.7. The van der Waals surface area contributed by atoms with Crippen LogP contribution in [0.4, 0.5) is 5.95 Å². The first-order chi connectivity index (χ1) is 10.7. The first-order valence-electron chi connectivity index (χ1n) is 7.62. The lowest BCUT2D eigenvalue weighted by Gasteiger charge is -2.31. The zero-order valence-corrected chi connectivity index (χ0v) is 12.7. The number of methoxy groups -OCH3 is 1. The molecular formula is C16H21N3O3.